The van der Waals surface area contributed by atoms with E-state index < -0.39 is 0 Å². The van der Waals surface area contributed by atoms with Crippen molar-refractivity contribution < 1.29 is 14.3 Å². The number of likely N-dealkylation sites (tertiary alicyclic amines) is 1. The molecule has 2 heterocycles. The zero-order valence-corrected chi connectivity index (χ0v) is 13.1. The van der Waals surface area contributed by atoms with Gasteiger partial charge < -0.3 is 15.0 Å². The summed E-state index contributed by atoms with van der Waals surface area (Å²) in [6.07, 6.45) is 4.84. The lowest BCUT2D eigenvalue weighted by Crippen LogP contribution is -2.49. The summed E-state index contributed by atoms with van der Waals surface area (Å²) < 4.78 is 4.93. The number of nitrogens with zero attached hydrogens (tertiary/aromatic N) is 2. The van der Waals surface area contributed by atoms with Crippen LogP contribution >= 0.6 is 0 Å². The van der Waals surface area contributed by atoms with Crippen molar-refractivity contribution in [1.82, 2.24) is 15.2 Å². The Morgan fingerprint density at radius 3 is 2.95 bits per heavy atom. The van der Waals surface area contributed by atoms with Crippen molar-refractivity contribution in [1.29, 1.82) is 0 Å². The van der Waals surface area contributed by atoms with Crippen LogP contribution in [0.15, 0.2) is 24.5 Å². The molecule has 1 aromatic rings. The molecule has 0 saturated carbocycles. The quantitative estimate of drug-likeness (QED) is 0.827. The van der Waals surface area contributed by atoms with E-state index in [4.69, 9.17) is 4.74 Å². The van der Waals surface area contributed by atoms with E-state index in [1.165, 1.54) is 0 Å². The molecule has 1 aromatic heterocycles. The normalized spacial score (nSPS) is 21.5. The van der Waals surface area contributed by atoms with Gasteiger partial charge in [-0.3, -0.25) is 14.6 Å². The maximum Gasteiger partial charge on any atom is 0.255 e. The smallest absolute Gasteiger partial charge is 0.255 e. The van der Waals surface area contributed by atoms with Gasteiger partial charge in [0, 0.05) is 38.6 Å². The van der Waals surface area contributed by atoms with Crippen molar-refractivity contribution in [3.8, 4) is 0 Å². The minimum atomic E-state index is -0.159. The minimum absolute atomic E-state index is 0.00654. The summed E-state index contributed by atoms with van der Waals surface area (Å²) in [5, 5.41) is 2.85. The van der Waals surface area contributed by atoms with Gasteiger partial charge in [0.2, 0.25) is 5.91 Å². The van der Waals surface area contributed by atoms with E-state index in [-0.39, 0.29) is 23.8 Å². The average molecular weight is 305 g/mol. The van der Waals surface area contributed by atoms with Gasteiger partial charge in [-0.15, -0.1) is 0 Å². The molecule has 22 heavy (non-hydrogen) atoms. The SMILES string of the molecule is COCCNC(=O)C1CCC(C)N(C(=O)c2cccnc2)C1. The standard InChI is InChI=1S/C16H23N3O3/c1-12-5-6-14(15(20)18-8-9-22-2)11-19(12)16(21)13-4-3-7-17-10-13/h3-4,7,10,12,14H,5-6,8-9,11H2,1-2H3,(H,18,20). The molecule has 0 radical (unpaired) electrons. The molecule has 0 aliphatic carbocycles. The second-order valence-electron chi connectivity index (χ2n) is 5.61. The number of aromatic nitrogens is 1. The van der Waals surface area contributed by atoms with Gasteiger partial charge in [0.25, 0.3) is 5.91 Å². The molecule has 0 aromatic carbocycles. The van der Waals surface area contributed by atoms with E-state index in [0.717, 1.165) is 12.8 Å². The highest BCUT2D eigenvalue weighted by Crippen LogP contribution is 2.23. The van der Waals surface area contributed by atoms with Gasteiger partial charge in [-0.25, -0.2) is 0 Å². The first kappa shape index (κ1) is 16.4. The van der Waals surface area contributed by atoms with Gasteiger partial charge in [-0.1, -0.05) is 0 Å². The number of amides is 2. The Kier molecular flexibility index (Phi) is 5.89. The highest BCUT2D eigenvalue weighted by Gasteiger charge is 2.32. The van der Waals surface area contributed by atoms with Crippen LogP contribution in [0.5, 0.6) is 0 Å². The molecule has 0 spiro atoms. The van der Waals surface area contributed by atoms with Crippen LogP contribution in [0.1, 0.15) is 30.1 Å². The number of ether oxygens (including phenoxy) is 1. The van der Waals surface area contributed by atoms with Crippen molar-refractivity contribution in [3.05, 3.63) is 30.1 Å². The Balaban J connectivity index is 1.99. The fraction of sp³-hybridized carbons (Fsp3) is 0.562. The third-order valence-electron chi connectivity index (χ3n) is 4.03. The summed E-state index contributed by atoms with van der Waals surface area (Å²) in [6, 6.07) is 3.64. The predicted octanol–water partition coefficient (Wildman–Crippen LogP) is 1.08. The average Bonchev–Trinajstić information content (AvgIpc) is 2.55. The zero-order chi connectivity index (χ0) is 15.9. The summed E-state index contributed by atoms with van der Waals surface area (Å²) in [5.41, 5.74) is 0.565. The van der Waals surface area contributed by atoms with Crippen molar-refractivity contribution in [3.63, 3.8) is 0 Å². The van der Waals surface area contributed by atoms with Gasteiger partial charge in [0.15, 0.2) is 0 Å². The number of rotatable bonds is 5. The first-order valence-corrected chi connectivity index (χ1v) is 7.61. The molecule has 6 nitrogen and oxygen atoms in total. The lowest BCUT2D eigenvalue weighted by Gasteiger charge is -2.37. The number of piperidine rings is 1. The maximum absolute atomic E-state index is 12.6. The Morgan fingerprint density at radius 2 is 2.27 bits per heavy atom. The summed E-state index contributed by atoms with van der Waals surface area (Å²) in [7, 11) is 1.60. The number of pyridine rings is 1. The molecule has 2 unspecified atom stereocenters. The summed E-state index contributed by atoms with van der Waals surface area (Å²) in [4.78, 5) is 30.5. The highest BCUT2D eigenvalue weighted by molar-refractivity contribution is 5.94. The third kappa shape index (κ3) is 4.04. The van der Waals surface area contributed by atoms with E-state index >= 15 is 0 Å². The van der Waals surface area contributed by atoms with Crippen LogP contribution < -0.4 is 5.32 Å². The van der Waals surface area contributed by atoms with Crippen molar-refractivity contribution >= 4 is 11.8 Å². The topological polar surface area (TPSA) is 71.5 Å². The molecule has 2 atom stereocenters. The molecular formula is C16H23N3O3. The Labute approximate surface area is 130 Å². The summed E-state index contributed by atoms with van der Waals surface area (Å²) >= 11 is 0. The molecule has 1 saturated heterocycles. The fourth-order valence-electron chi connectivity index (χ4n) is 2.68. The Morgan fingerprint density at radius 1 is 1.45 bits per heavy atom. The molecule has 1 N–H and O–H groups in total. The lowest BCUT2D eigenvalue weighted by atomic mass is 9.92. The van der Waals surface area contributed by atoms with Crippen molar-refractivity contribution in [2.75, 3.05) is 26.8 Å². The van der Waals surface area contributed by atoms with Gasteiger partial charge in [0.05, 0.1) is 18.1 Å². The van der Waals surface area contributed by atoms with Gasteiger partial charge >= 0.3 is 0 Å². The van der Waals surface area contributed by atoms with Crippen molar-refractivity contribution in [2.45, 2.75) is 25.8 Å². The minimum Gasteiger partial charge on any atom is -0.383 e. The lowest BCUT2D eigenvalue weighted by molar-refractivity contribution is -0.126. The number of hydrogen-bond acceptors (Lipinski definition) is 4. The van der Waals surface area contributed by atoms with Crippen LogP contribution in [0.3, 0.4) is 0 Å². The molecule has 2 amide bonds. The molecule has 1 aliphatic rings. The first-order chi connectivity index (χ1) is 10.6. The second-order valence-corrected chi connectivity index (χ2v) is 5.61. The fourth-order valence-corrected chi connectivity index (χ4v) is 2.68. The number of carbonyl (C=O) groups is 2. The largest absolute Gasteiger partial charge is 0.383 e. The van der Waals surface area contributed by atoms with E-state index in [1.807, 2.05) is 6.92 Å². The highest BCUT2D eigenvalue weighted by atomic mass is 16.5. The van der Waals surface area contributed by atoms with E-state index in [9.17, 15) is 9.59 Å². The molecule has 1 fully saturated rings. The monoisotopic (exact) mass is 305 g/mol. The predicted molar refractivity (Wildman–Crippen MR) is 82.3 cm³/mol. The molecular weight excluding hydrogens is 282 g/mol. The zero-order valence-electron chi connectivity index (χ0n) is 13.1. The van der Waals surface area contributed by atoms with E-state index in [0.29, 0.717) is 25.3 Å². The van der Waals surface area contributed by atoms with E-state index in [1.54, 1.807) is 36.5 Å². The van der Waals surface area contributed by atoms with E-state index in [2.05, 4.69) is 10.3 Å². The van der Waals surface area contributed by atoms with Gasteiger partial charge in [-0.05, 0) is 31.9 Å². The second kappa shape index (κ2) is 7.89. The van der Waals surface area contributed by atoms with Crippen LogP contribution in [-0.4, -0.2) is 54.5 Å². The Hall–Kier alpha value is -1.95. The number of nitrogens with one attached hydrogen (secondary N) is 1. The van der Waals surface area contributed by atoms with Crippen LogP contribution in [-0.2, 0) is 9.53 Å². The number of methoxy groups -OCH3 is 1. The first-order valence-electron chi connectivity index (χ1n) is 7.61. The third-order valence-corrected chi connectivity index (χ3v) is 4.03. The summed E-state index contributed by atoms with van der Waals surface area (Å²) in [6.45, 7) is 3.46. The molecule has 1 aliphatic heterocycles. The van der Waals surface area contributed by atoms with Crippen LogP contribution in [0.4, 0.5) is 0 Å². The van der Waals surface area contributed by atoms with Gasteiger partial charge in [0.1, 0.15) is 0 Å². The summed E-state index contributed by atoms with van der Waals surface area (Å²) in [5.74, 6) is -0.225. The molecule has 6 heteroatoms. The molecule has 0 bridgehead atoms. The van der Waals surface area contributed by atoms with Gasteiger partial charge in [-0.2, -0.15) is 0 Å². The maximum atomic E-state index is 12.6. The Bertz CT molecular complexity index is 507. The van der Waals surface area contributed by atoms with Crippen LogP contribution in [0.25, 0.3) is 0 Å². The van der Waals surface area contributed by atoms with Crippen LogP contribution in [0.2, 0.25) is 0 Å². The molecule has 120 valence electrons. The number of hydrogen-bond donors (Lipinski definition) is 1. The van der Waals surface area contributed by atoms with Crippen molar-refractivity contribution in [2.24, 2.45) is 5.92 Å². The van der Waals surface area contributed by atoms with Crippen LogP contribution in [0, 0.1) is 5.92 Å². The molecule has 2 rings (SSSR count). The number of carbonyl (C=O) groups excluding carboxylic acids is 2.